The molecule has 0 unspecified atom stereocenters. The summed E-state index contributed by atoms with van der Waals surface area (Å²) in [6, 6.07) is 0. The molecule has 4 aliphatic carbocycles. The fourth-order valence-electron chi connectivity index (χ4n) is 4.90. The predicted octanol–water partition coefficient (Wildman–Crippen LogP) is -0.495. The van der Waals surface area contributed by atoms with Crippen molar-refractivity contribution in [1.29, 1.82) is 0 Å². The SMILES string of the molecule is O=C(OC(=O)C(F)(F)C(F)(F)S(=O)(=O)O)C12CC3CC(CC(C3)C1)C2.[H-].[Na+]. The van der Waals surface area contributed by atoms with Crippen molar-refractivity contribution in [2.75, 3.05) is 0 Å². The predicted molar refractivity (Wildman–Crippen MR) is 74.3 cm³/mol. The topological polar surface area (TPSA) is 97.7 Å². The van der Waals surface area contributed by atoms with Gasteiger partial charge in [0.25, 0.3) is 0 Å². The third-order valence-electron chi connectivity index (χ3n) is 5.60. The minimum absolute atomic E-state index is 0. The molecule has 0 aliphatic heterocycles. The Labute approximate surface area is 170 Å². The summed E-state index contributed by atoms with van der Waals surface area (Å²) >= 11 is 0. The maximum absolute atomic E-state index is 13.5. The van der Waals surface area contributed by atoms with Crippen LogP contribution in [0.15, 0.2) is 0 Å². The van der Waals surface area contributed by atoms with Crippen molar-refractivity contribution < 1.29 is 75.8 Å². The molecule has 0 spiro atoms. The molecule has 12 heteroatoms. The summed E-state index contributed by atoms with van der Waals surface area (Å²) in [4.78, 5) is 23.7. The average Bonchev–Trinajstić information content (AvgIpc) is 2.44. The van der Waals surface area contributed by atoms with E-state index in [-0.39, 0.29) is 48.7 Å². The van der Waals surface area contributed by atoms with E-state index in [0.29, 0.717) is 19.3 Å². The van der Waals surface area contributed by atoms with Gasteiger partial charge in [-0.15, -0.1) is 0 Å². The molecule has 0 aromatic heterocycles. The van der Waals surface area contributed by atoms with Crippen molar-refractivity contribution in [3.05, 3.63) is 0 Å². The Kier molecular flexibility index (Phi) is 5.67. The van der Waals surface area contributed by atoms with Crippen molar-refractivity contribution in [2.45, 2.75) is 49.7 Å². The molecule has 26 heavy (non-hydrogen) atoms. The van der Waals surface area contributed by atoms with Crippen molar-refractivity contribution in [1.82, 2.24) is 0 Å². The first-order valence-electron chi connectivity index (χ1n) is 7.78. The van der Waals surface area contributed by atoms with Gasteiger partial charge in [-0.3, -0.25) is 9.35 Å². The maximum atomic E-state index is 13.5. The van der Waals surface area contributed by atoms with Crippen LogP contribution in [0.25, 0.3) is 0 Å². The van der Waals surface area contributed by atoms with Crippen molar-refractivity contribution in [3.8, 4) is 0 Å². The van der Waals surface area contributed by atoms with E-state index >= 15 is 0 Å². The molecule has 0 radical (unpaired) electrons. The number of carbonyl (C=O) groups is 2. The number of hydrogen-bond donors (Lipinski definition) is 1. The van der Waals surface area contributed by atoms with Crippen LogP contribution < -0.4 is 29.6 Å². The van der Waals surface area contributed by atoms with Gasteiger partial charge in [-0.2, -0.15) is 26.0 Å². The summed E-state index contributed by atoms with van der Waals surface area (Å²) in [6.07, 6.45) is 3.72. The van der Waals surface area contributed by atoms with E-state index in [1.165, 1.54) is 0 Å². The number of alkyl halides is 4. The van der Waals surface area contributed by atoms with E-state index in [9.17, 15) is 35.6 Å². The molecule has 4 aliphatic rings. The quantitative estimate of drug-likeness (QED) is 0.220. The van der Waals surface area contributed by atoms with E-state index in [1.807, 2.05) is 0 Å². The van der Waals surface area contributed by atoms with E-state index < -0.39 is 38.6 Å². The first-order chi connectivity index (χ1) is 11.3. The van der Waals surface area contributed by atoms with Gasteiger partial charge < -0.3 is 6.16 Å². The molecular formula is C14H17F4NaO6S. The van der Waals surface area contributed by atoms with Crippen LogP contribution in [-0.2, 0) is 24.4 Å². The molecule has 0 heterocycles. The normalized spacial score (nSPS) is 33.5. The number of halogens is 4. The zero-order chi connectivity index (χ0) is 18.8. The molecular weight excluding hydrogens is 395 g/mol. The van der Waals surface area contributed by atoms with Crippen molar-refractivity contribution in [3.63, 3.8) is 0 Å². The van der Waals surface area contributed by atoms with Gasteiger partial charge in [0.2, 0.25) is 0 Å². The van der Waals surface area contributed by atoms with Gasteiger partial charge in [0.05, 0.1) is 5.41 Å². The molecule has 4 saturated carbocycles. The second-order valence-electron chi connectivity index (χ2n) is 7.44. The molecule has 1 N–H and O–H groups in total. The van der Waals surface area contributed by atoms with Crippen LogP contribution in [0.3, 0.4) is 0 Å². The average molecular weight is 412 g/mol. The van der Waals surface area contributed by atoms with Gasteiger partial charge in [-0.1, -0.05) is 0 Å². The molecule has 0 aromatic carbocycles. The van der Waals surface area contributed by atoms with Gasteiger partial charge in [0, 0.05) is 0 Å². The minimum atomic E-state index is -6.58. The number of rotatable bonds is 4. The molecule has 0 atom stereocenters. The van der Waals surface area contributed by atoms with Gasteiger partial charge in [-0.05, 0) is 56.3 Å². The third kappa shape index (κ3) is 3.34. The van der Waals surface area contributed by atoms with Crippen LogP contribution in [0.1, 0.15) is 40.0 Å². The smallest absolute Gasteiger partial charge is 1.00 e. The number of hydrogen-bond acceptors (Lipinski definition) is 5. The summed E-state index contributed by atoms with van der Waals surface area (Å²) in [5.41, 5.74) is -1.16. The van der Waals surface area contributed by atoms with Crippen LogP contribution in [0, 0.1) is 23.2 Å². The van der Waals surface area contributed by atoms with E-state index in [1.54, 1.807) is 0 Å². The van der Waals surface area contributed by atoms with Gasteiger partial charge in [-0.25, -0.2) is 4.79 Å². The molecule has 144 valence electrons. The van der Waals surface area contributed by atoms with Crippen LogP contribution in [0.5, 0.6) is 0 Å². The van der Waals surface area contributed by atoms with Crippen LogP contribution in [-0.4, -0.2) is 36.1 Å². The van der Waals surface area contributed by atoms with Crippen LogP contribution in [0.4, 0.5) is 17.6 Å². The van der Waals surface area contributed by atoms with Gasteiger partial charge in [0.15, 0.2) is 0 Å². The Bertz CT molecular complexity index is 694. The molecule has 4 rings (SSSR count). The summed E-state index contributed by atoms with van der Waals surface area (Å²) in [6.45, 7) is 0. The van der Waals surface area contributed by atoms with Gasteiger partial charge >= 0.3 is 62.8 Å². The number of ether oxygens (including phenoxy) is 1. The molecule has 4 bridgehead atoms. The second kappa shape index (κ2) is 6.68. The van der Waals surface area contributed by atoms with E-state index in [0.717, 1.165) is 19.3 Å². The Morgan fingerprint density at radius 2 is 1.38 bits per heavy atom. The van der Waals surface area contributed by atoms with Gasteiger partial charge in [0.1, 0.15) is 0 Å². The van der Waals surface area contributed by atoms with Crippen molar-refractivity contribution in [2.24, 2.45) is 23.2 Å². The van der Waals surface area contributed by atoms with Crippen molar-refractivity contribution >= 4 is 22.1 Å². The zero-order valence-corrected chi connectivity index (χ0v) is 16.7. The first-order valence-corrected chi connectivity index (χ1v) is 9.22. The van der Waals surface area contributed by atoms with Crippen LogP contribution in [0.2, 0.25) is 0 Å². The standard InChI is InChI=1S/C14H16F4O6S.Na.H/c15-13(16,14(17,18)25(21,22)23)11(20)24-10(19)12-4-7-1-8(5-12)3-9(2-7)6-12;;/h7-9H,1-6H2,(H,21,22,23);;/q;+1;-1. The summed E-state index contributed by atoms with van der Waals surface area (Å²) in [5.74, 6) is -9.58. The molecule has 0 saturated heterocycles. The number of carbonyl (C=O) groups excluding carboxylic acids is 2. The minimum Gasteiger partial charge on any atom is -1.00 e. The Balaban J connectivity index is 0.00000182. The fraction of sp³-hybridized carbons (Fsp3) is 0.857. The maximum Gasteiger partial charge on any atom is 1.00 e. The second-order valence-corrected chi connectivity index (χ2v) is 8.90. The first kappa shape index (κ1) is 22.1. The fourth-order valence-corrected chi connectivity index (χ4v) is 5.31. The molecule has 4 fully saturated rings. The van der Waals surface area contributed by atoms with E-state index in [4.69, 9.17) is 4.55 Å². The Hall–Kier alpha value is -0.230. The summed E-state index contributed by atoms with van der Waals surface area (Å²) in [7, 11) is -6.58. The largest absolute Gasteiger partial charge is 1.00 e. The summed E-state index contributed by atoms with van der Waals surface area (Å²) < 4.78 is 86.5. The third-order valence-corrected chi connectivity index (χ3v) is 6.51. The number of esters is 2. The molecule has 0 amide bonds. The Morgan fingerprint density at radius 1 is 1.00 bits per heavy atom. The zero-order valence-electron chi connectivity index (χ0n) is 14.9. The molecule has 0 aromatic rings. The Morgan fingerprint density at radius 3 is 1.73 bits per heavy atom. The summed E-state index contributed by atoms with van der Waals surface area (Å²) in [5, 5.41) is -6.10. The monoisotopic (exact) mass is 412 g/mol. The molecule has 6 nitrogen and oxygen atoms in total. The van der Waals surface area contributed by atoms with Crippen LogP contribution >= 0.6 is 0 Å². The van der Waals surface area contributed by atoms with E-state index in [2.05, 4.69) is 4.74 Å².